The second-order valence-corrected chi connectivity index (χ2v) is 6.66. The highest BCUT2D eigenvalue weighted by molar-refractivity contribution is 7.14. The molecule has 0 amide bonds. The Kier molecular flexibility index (Phi) is 5.03. The van der Waals surface area contributed by atoms with Crippen LogP contribution in [0.2, 0.25) is 0 Å². The van der Waals surface area contributed by atoms with Gasteiger partial charge in [0.25, 0.3) is 0 Å². The van der Waals surface area contributed by atoms with E-state index in [2.05, 4.69) is 5.10 Å². The Morgan fingerprint density at radius 1 is 0.852 bits per heavy atom. The Balaban J connectivity index is 1.68. The topological polar surface area (TPSA) is 28.5 Å². The van der Waals surface area contributed by atoms with Crippen LogP contribution in [-0.2, 0) is 0 Å². The predicted octanol–water partition coefficient (Wildman–Crippen LogP) is 6.12. The summed E-state index contributed by atoms with van der Waals surface area (Å²) in [7, 11) is 0. The molecule has 0 aliphatic carbocycles. The van der Waals surface area contributed by atoms with Gasteiger partial charge >= 0.3 is 0 Å². The summed E-state index contributed by atoms with van der Waals surface area (Å²) in [6.07, 6.45) is 1.70. The minimum Gasteiger partial charge on any atom is -0.218 e. The molecule has 3 aromatic carbocycles. The SMILES string of the molecule is Fc1ccc(/C=N/N(c2ccccc2)c2nc(-c3ccccc3)cs2)cc1. The van der Waals surface area contributed by atoms with Crippen LogP contribution in [0, 0.1) is 5.82 Å². The second-order valence-electron chi connectivity index (χ2n) is 5.82. The molecule has 0 atom stereocenters. The van der Waals surface area contributed by atoms with Gasteiger partial charge in [-0.15, -0.1) is 11.3 Å². The van der Waals surface area contributed by atoms with Gasteiger partial charge in [-0.1, -0.05) is 60.7 Å². The van der Waals surface area contributed by atoms with Crippen LogP contribution in [0.3, 0.4) is 0 Å². The minimum absolute atomic E-state index is 0.264. The molecule has 0 saturated heterocycles. The molecule has 0 aliphatic heterocycles. The number of anilines is 2. The van der Waals surface area contributed by atoms with E-state index in [0.29, 0.717) is 0 Å². The van der Waals surface area contributed by atoms with Gasteiger partial charge in [-0.05, 0) is 29.8 Å². The van der Waals surface area contributed by atoms with Crippen LogP contribution in [0.15, 0.2) is 95.4 Å². The molecule has 0 radical (unpaired) electrons. The Morgan fingerprint density at radius 2 is 1.52 bits per heavy atom. The summed E-state index contributed by atoms with van der Waals surface area (Å²) in [6, 6.07) is 26.1. The van der Waals surface area contributed by atoms with Gasteiger partial charge in [0.1, 0.15) is 5.82 Å². The maximum atomic E-state index is 13.1. The van der Waals surface area contributed by atoms with Crippen molar-refractivity contribution in [1.29, 1.82) is 0 Å². The number of hydrogen-bond donors (Lipinski definition) is 0. The lowest BCUT2D eigenvalue weighted by Crippen LogP contribution is -2.09. The number of nitrogens with zero attached hydrogens (tertiary/aromatic N) is 3. The third-order valence-electron chi connectivity index (χ3n) is 3.94. The maximum absolute atomic E-state index is 13.1. The van der Waals surface area contributed by atoms with Gasteiger partial charge in [-0.25, -0.2) is 14.4 Å². The summed E-state index contributed by atoms with van der Waals surface area (Å²) in [5, 5.41) is 9.18. The Bertz CT molecular complexity index is 1030. The monoisotopic (exact) mass is 373 g/mol. The highest BCUT2D eigenvalue weighted by Gasteiger charge is 2.13. The Labute approximate surface area is 161 Å². The minimum atomic E-state index is -0.264. The lowest BCUT2D eigenvalue weighted by Gasteiger charge is -2.15. The zero-order chi connectivity index (χ0) is 18.5. The third-order valence-corrected chi connectivity index (χ3v) is 4.75. The van der Waals surface area contributed by atoms with E-state index in [0.717, 1.165) is 27.6 Å². The first-order chi connectivity index (χ1) is 13.3. The van der Waals surface area contributed by atoms with E-state index in [-0.39, 0.29) is 5.82 Å². The number of aromatic nitrogens is 1. The fourth-order valence-corrected chi connectivity index (χ4v) is 3.38. The van der Waals surface area contributed by atoms with Gasteiger partial charge < -0.3 is 0 Å². The van der Waals surface area contributed by atoms with Crippen molar-refractivity contribution >= 4 is 28.4 Å². The van der Waals surface area contributed by atoms with Crippen LogP contribution in [0.1, 0.15) is 5.56 Å². The van der Waals surface area contributed by atoms with E-state index in [9.17, 15) is 4.39 Å². The molecule has 132 valence electrons. The Morgan fingerprint density at radius 3 is 2.22 bits per heavy atom. The molecule has 3 nitrogen and oxygen atoms in total. The predicted molar refractivity (Wildman–Crippen MR) is 110 cm³/mol. The van der Waals surface area contributed by atoms with Crippen LogP contribution >= 0.6 is 11.3 Å². The summed E-state index contributed by atoms with van der Waals surface area (Å²) >= 11 is 1.53. The first-order valence-electron chi connectivity index (χ1n) is 8.45. The van der Waals surface area contributed by atoms with Crippen molar-refractivity contribution in [1.82, 2.24) is 4.98 Å². The van der Waals surface area contributed by atoms with E-state index in [4.69, 9.17) is 4.98 Å². The second kappa shape index (κ2) is 7.93. The molecule has 1 heterocycles. The van der Waals surface area contributed by atoms with Crippen molar-refractivity contribution in [3.8, 4) is 11.3 Å². The molecule has 0 fully saturated rings. The zero-order valence-corrected chi connectivity index (χ0v) is 15.2. The van der Waals surface area contributed by atoms with Crippen LogP contribution < -0.4 is 5.01 Å². The quantitative estimate of drug-likeness (QED) is 0.311. The third kappa shape index (κ3) is 4.10. The number of rotatable bonds is 5. The standard InChI is InChI=1S/C22H16FN3S/c23-19-13-11-17(12-14-19)15-24-26(20-9-5-2-6-10-20)22-25-21(16-27-22)18-7-3-1-4-8-18/h1-16H/b24-15+. The zero-order valence-electron chi connectivity index (χ0n) is 14.4. The molecule has 4 rings (SSSR count). The number of thiazole rings is 1. The van der Waals surface area contributed by atoms with Gasteiger partial charge in [0.2, 0.25) is 5.13 Å². The molecule has 0 aliphatic rings. The van der Waals surface area contributed by atoms with Crippen molar-refractivity contribution in [2.45, 2.75) is 0 Å². The number of benzene rings is 3. The summed E-state index contributed by atoms with van der Waals surface area (Å²) in [4.78, 5) is 4.75. The van der Waals surface area contributed by atoms with Crippen molar-refractivity contribution in [3.05, 3.63) is 102 Å². The molecule has 1 aromatic heterocycles. The summed E-state index contributed by atoms with van der Waals surface area (Å²) < 4.78 is 13.1. The summed E-state index contributed by atoms with van der Waals surface area (Å²) in [5.74, 6) is -0.264. The first-order valence-corrected chi connectivity index (χ1v) is 9.33. The van der Waals surface area contributed by atoms with E-state index in [1.165, 1.54) is 23.5 Å². The fourth-order valence-electron chi connectivity index (χ4n) is 2.57. The fraction of sp³-hybridized carbons (Fsp3) is 0. The number of para-hydroxylation sites is 1. The van der Waals surface area contributed by atoms with Gasteiger partial charge in [-0.3, -0.25) is 0 Å². The van der Waals surface area contributed by atoms with Crippen molar-refractivity contribution in [2.75, 3.05) is 5.01 Å². The molecule has 4 aromatic rings. The van der Waals surface area contributed by atoms with Crippen LogP contribution in [0.25, 0.3) is 11.3 Å². The van der Waals surface area contributed by atoms with E-state index >= 15 is 0 Å². The molecule has 5 heteroatoms. The summed E-state index contributed by atoms with van der Waals surface area (Å²) in [5.41, 5.74) is 3.70. The molecule has 0 bridgehead atoms. The first kappa shape index (κ1) is 17.1. The van der Waals surface area contributed by atoms with Crippen molar-refractivity contribution in [2.24, 2.45) is 5.10 Å². The maximum Gasteiger partial charge on any atom is 0.211 e. The summed E-state index contributed by atoms with van der Waals surface area (Å²) in [6.45, 7) is 0. The molecular formula is C22H16FN3S. The molecule has 0 N–H and O–H groups in total. The molecule has 0 spiro atoms. The number of halogens is 1. The highest BCUT2D eigenvalue weighted by atomic mass is 32.1. The number of hydrogen-bond acceptors (Lipinski definition) is 4. The van der Waals surface area contributed by atoms with E-state index in [1.54, 1.807) is 23.4 Å². The molecule has 0 unspecified atom stereocenters. The van der Waals surface area contributed by atoms with Gasteiger partial charge in [-0.2, -0.15) is 5.10 Å². The Hall–Kier alpha value is -3.31. The smallest absolute Gasteiger partial charge is 0.211 e. The normalized spacial score (nSPS) is 11.0. The van der Waals surface area contributed by atoms with Crippen molar-refractivity contribution < 1.29 is 4.39 Å². The number of hydrazone groups is 1. The van der Waals surface area contributed by atoms with Gasteiger partial charge in [0.05, 0.1) is 17.6 Å². The lowest BCUT2D eigenvalue weighted by atomic mass is 10.2. The van der Waals surface area contributed by atoms with E-state index < -0.39 is 0 Å². The van der Waals surface area contributed by atoms with Crippen LogP contribution in [0.4, 0.5) is 15.2 Å². The molecular weight excluding hydrogens is 357 g/mol. The van der Waals surface area contributed by atoms with Crippen molar-refractivity contribution in [3.63, 3.8) is 0 Å². The van der Waals surface area contributed by atoms with Gasteiger partial charge in [0.15, 0.2) is 0 Å². The average molecular weight is 373 g/mol. The largest absolute Gasteiger partial charge is 0.218 e. The lowest BCUT2D eigenvalue weighted by molar-refractivity contribution is 0.628. The molecule has 27 heavy (non-hydrogen) atoms. The van der Waals surface area contributed by atoms with E-state index in [1.807, 2.05) is 66.0 Å². The van der Waals surface area contributed by atoms with Crippen LogP contribution in [0.5, 0.6) is 0 Å². The van der Waals surface area contributed by atoms with Crippen LogP contribution in [-0.4, -0.2) is 11.2 Å². The highest BCUT2D eigenvalue weighted by Crippen LogP contribution is 2.32. The molecule has 0 saturated carbocycles. The van der Waals surface area contributed by atoms with Gasteiger partial charge in [0, 0.05) is 10.9 Å². The average Bonchev–Trinajstić information content (AvgIpc) is 3.21.